The average molecular weight is 258 g/mol. The molecule has 1 rings (SSSR count). The number of rotatable bonds is 6. The Bertz CT molecular complexity index is 444. The third-order valence-electron chi connectivity index (χ3n) is 2.25. The highest BCUT2D eigenvalue weighted by Gasteiger charge is 2.07. The van der Waals surface area contributed by atoms with Gasteiger partial charge in [-0.05, 0) is 31.6 Å². The van der Waals surface area contributed by atoms with Crippen LogP contribution in [0.5, 0.6) is 0 Å². The second kappa shape index (κ2) is 5.95. The number of primary sulfonamides is 1. The molecule has 0 aliphatic rings. The van der Waals surface area contributed by atoms with Crippen LogP contribution in [0.4, 0.5) is 5.82 Å². The molecule has 0 saturated carbocycles. The van der Waals surface area contributed by atoms with Gasteiger partial charge in [-0.2, -0.15) is 0 Å². The third-order valence-corrected chi connectivity index (χ3v) is 3.15. The fraction of sp³-hybridized carbons (Fsp3) is 0.500. The molecule has 0 aromatic carbocycles. The summed E-state index contributed by atoms with van der Waals surface area (Å²) in [5.41, 5.74) is 0. The van der Waals surface area contributed by atoms with E-state index in [1.54, 1.807) is 6.07 Å². The Morgan fingerprint density at radius 2 is 2.12 bits per heavy atom. The molecule has 1 heterocycles. The summed E-state index contributed by atoms with van der Waals surface area (Å²) in [6.07, 6.45) is 1.25. The molecule has 0 radical (unpaired) electrons. The van der Waals surface area contributed by atoms with Gasteiger partial charge in [0.25, 0.3) is 0 Å². The average Bonchev–Trinajstić information content (AvgIpc) is 2.26. The molecule has 1 unspecified atom stereocenters. The van der Waals surface area contributed by atoms with E-state index in [0.717, 1.165) is 13.1 Å². The van der Waals surface area contributed by atoms with Crippen LogP contribution in [0.25, 0.3) is 0 Å². The Labute approximate surface area is 102 Å². The van der Waals surface area contributed by atoms with Crippen molar-refractivity contribution in [1.82, 2.24) is 10.3 Å². The third kappa shape index (κ3) is 4.68. The summed E-state index contributed by atoms with van der Waals surface area (Å²) >= 11 is 0. The smallest absolute Gasteiger partial charge is 0.239 e. The molecule has 17 heavy (non-hydrogen) atoms. The number of pyridine rings is 1. The SMILES string of the molecule is CNCC(C)CNc1ccc(S(N)(=O)=O)cn1. The van der Waals surface area contributed by atoms with Crippen molar-refractivity contribution in [1.29, 1.82) is 0 Å². The van der Waals surface area contributed by atoms with Crippen molar-refractivity contribution in [2.24, 2.45) is 11.1 Å². The lowest BCUT2D eigenvalue weighted by molar-refractivity contribution is 0.568. The van der Waals surface area contributed by atoms with E-state index in [2.05, 4.69) is 22.5 Å². The van der Waals surface area contributed by atoms with Gasteiger partial charge in [-0.25, -0.2) is 18.5 Å². The summed E-state index contributed by atoms with van der Waals surface area (Å²) in [6, 6.07) is 3.04. The quantitative estimate of drug-likeness (QED) is 0.667. The van der Waals surface area contributed by atoms with Gasteiger partial charge in [0, 0.05) is 12.7 Å². The van der Waals surface area contributed by atoms with Gasteiger partial charge in [0.05, 0.1) is 0 Å². The largest absolute Gasteiger partial charge is 0.370 e. The van der Waals surface area contributed by atoms with Crippen molar-refractivity contribution < 1.29 is 8.42 Å². The molecule has 6 nitrogen and oxygen atoms in total. The van der Waals surface area contributed by atoms with Crippen molar-refractivity contribution in [2.45, 2.75) is 11.8 Å². The Morgan fingerprint density at radius 3 is 2.59 bits per heavy atom. The number of aromatic nitrogens is 1. The van der Waals surface area contributed by atoms with Crippen LogP contribution in [0.3, 0.4) is 0 Å². The molecule has 0 aliphatic carbocycles. The predicted molar refractivity (Wildman–Crippen MR) is 67.2 cm³/mol. The molecule has 0 aliphatic heterocycles. The van der Waals surface area contributed by atoms with Crippen LogP contribution in [-0.4, -0.2) is 33.5 Å². The van der Waals surface area contributed by atoms with Gasteiger partial charge in [0.1, 0.15) is 10.7 Å². The summed E-state index contributed by atoms with van der Waals surface area (Å²) in [6.45, 7) is 3.77. The zero-order valence-electron chi connectivity index (χ0n) is 9.97. The molecular formula is C10H18N4O2S. The summed E-state index contributed by atoms with van der Waals surface area (Å²) < 4.78 is 22.0. The maximum absolute atomic E-state index is 11.0. The lowest BCUT2D eigenvalue weighted by atomic mass is 10.2. The van der Waals surface area contributed by atoms with Crippen LogP contribution in [0, 0.1) is 5.92 Å². The number of nitrogens with two attached hydrogens (primary N) is 1. The van der Waals surface area contributed by atoms with Crippen LogP contribution in [0.15, 0.2) is 23.2 Å². The molecule has 0 amide bonds. The fourth-order valence-electron chi connectivity index (χ4n) is 1.35. The van der Waals surface area contributed by atoms with Gasteiger partial charge in [0.15, 0.2) is 0 Å². The highest BCUT2D eigenvalue weighted by molar-refractivity contribution is 7.89. The number of hydrogen-bond acceptors (Lipinski definition) is 5. The molecule has 0 bridgehead atoms. The van der Waals surface area contributed by atoms with Gasteiger partial charge in [-0.3, -0.25) is 0 Å². The molecule has 7 heteroatoms. The van der Waals surface area contributed by atoms with E-state index in [9.17, 15) is 8.42 Å². The second-order valence-electron chi connectivity index (χ2n) is 3.97. The highest BCUT2D eigenvalue weighted by Crippen LogP contribution is 2.09. The second-order valence-corrected chi connectivity index (χ2v) is 5.53. The summed E-state index contributed by atoms with van der Waals surface area (Å²) in [4.78, 5) is 4.01. The normalized spacial score (nSPS) is 13.4. The summed E-state index contributed by atoms with van der Waals surface area (Å²) in [5.74, 6) is 1.10. The van der Waals surface area contributed by atoms with Crippen LogP contribution >= 0.6 is 0 Å². The van der Waals surface area contributed by atoms with Gasteiger partial charge in [-0.15, -0.1) is 0 Å². The van der Waals surface area contributed by atoms with E-state index >= 15 is 0 Å². The Balaban J connectivity index is 2.57. The first kappa shape index (κ1) is 13.9. The molecule has 1 aromatic rings. The van der Waals surface area contributed by atoms with Crippen molar-refractivity contribution in [2.75, 3.05) is 25.5 Å². The molecule has 4 N–H and O–H groups in total. The van der Waals surface area contributed by atoms with Crippen molar-refractivity contribution in [3.05, 3.63) is 18.3 Å². The predicted octanol–water partition coefficient (Wildman–Crippen LogP) is -0.00360. The maximum Gasteiger partial charge on any atom is 0.239 e. The molecule has 1 atom stereocenters. The van der Waals surface area contributed by atoms with Crippen LogP contribution in [0.1, 0.15) is 6.92 Å². The van der Waals surface area contributed by atoms with Gasteiger partial charge >= 0.3 is 0 Å². The number of sulfonamides is 1. The molecule has 0 spiro atoms. The minimum atomic E-state index is -3.66. The zero-order chi connectivity index (χ0) is 12.9. The van der Waals surface area contributed by atoms with Crippen molar-refractivity contribution in [3.8, 4) is 0 Å². The minimum absolute atomic E-state index is 0.0197. The lowest BCUT2D eigenvalue weighted by Crippen LogP contribution is -2.23. The first-order valence-electron chi connectivity index (χ1n) is 5.31. The lowest BCUT2D eigenvalue weighted by Gasteiger charge is -2.12. The summed E-state index contributed by atoms with van der Waals surface area (Å²) in [7, 11) is -1.76. The molecule has 1 aromatic heterocycles. The monoisotopic (exact) mass is 258 g/mol. The number of nitrogens with one attached hydrogen (secondary N) is 2. The molecule has 0 saturated heterocycles. The Hall–Kier alpha value is -1.18. The highest BCUT2D eigenvalue weighted by atomic mass is 32.2. The van der Waals surface area contributed by atoms with E-state index in [1.165, 1.54) is 12.3 Å². The van der Waals surface area contributed by atoms with Crippen LogP contribution in [0.2, 0.25) is 0 Å². The van der Waals surface area contributed by atoms with E-state index in [0.29, 0.717) is 11.7 Å². The van der Waals surface area contributed by atoms with E-state index in [1.807, 2.05) is 7.05 Å². The van der Waals surface area contributed by atoms with E-state index in [-0.39, 0.29) is 4.90 Å². The number of hydrogen-bond donors (Lipinski definition) is 3. The van der Waals surface area contributed by atoms with E-state index in [4.69, 9.17) is 5.14 Å². The maximum atomic E-state index is 11.0. The van der Waals surface area contributed by atoms with Gasteiger partial charge < -0.3 is 10.6 Å². The molecule has 96 valence electrons. The molecule has 0 fully saturated rings. The van der Waals surface area contributed by atoms with Crippen molar-refractivity contribution in [3.63, 3.8) is 0 Å². The topological polar surface area (TPSA) is 97.1 Å². The zero-order valence-corrected chi connectivity index (χ0v) is 10.8. The first-order valence-corrected chi connectivity index (χ1v) is 6.85. The molecular weight excluding hydrogens is 240 g/mol. The van der Waals surface area contributed by atoms with Gasteiger partial charge in [0.2, 0.25) is 10.0 Å². The van der Waals surface area contributed by atoms with Crippen LogP contribution in [-0.2, 0) is 10.0 Å². The van der Waals surface area contributed by atoms with E-state index < -0.39 is 10.0 Å². The number of nitrogens with zero attached hydrogens (tertiary/aromatic N) is 1. The van der Waals surface area contributed by atoms with Crippen LogP contribution < -0.4 is 15.8 Å². The first-order chi connectivity index (χ1) is 7.93. The van der Waals surface area contributed by atoms with Crippen molar-refractivity contribution >= 4 is 15.8 Å². The standard InChI is InChI=1S/C10H18N4O2S/c1-8(5-12-2)6-13-10-4-3-9(7-14-10)17(11,15)16/h3-4,7-8,12H,5-6H2,1-2H3,(H,13,14)(H2,11,15,16). The Kier molecular flexibility index (Phi) is 4.86. The van der Waals surface area contributed by atoms with Gasteiger partial charge in [-0.1, -0.05) is 6.92 Å². The number of anilines is 1. The Morgan fingerprint density at radius 1 is 1.41 bits per heavy atom. The summed E-state index contributed by atoms with van der Waals surface area (Å²) in [5, 5.41) is 11.2. The fourth-order valence-corrected chi connectivity index (χ4v) is 1.81. The minimum Gasteiger partial charge on any atom is -0.370 e.